The predicted molar refractivity (Wildman–Crippen MR) is 62.4 cm³/mol. The first-order valence-electron chi connectivity index (χ1n) is 5.15. The first-order valence-corrected chi connectivity index (χ1v) is 8.56. The van der Waals surface area contributed by atoms with E-state index in [4.69, 9.17) is 9.53 Å². The molecule has 1 N–H and O–H groups in total. The molecule has 0 saturated heterocycles. The predicted octanol–water partition coefficient (Wildman–Crippen LogP) is 3.62. The highest BCUT2D eigenvalue weighted by Crippen LogP contribution is 2.36. The van der Waals surface area contributed by atoms with Gasteiger partial charge in [0, 0.05) is 0 Å². The number of carboxylic acid groups (broad SMARTS) is 1. The van der Waals surface area contributed by atoms with Crippen LogP contribution in [-0.4, -0.2) is 19.4 Å². The van der Waals surface area contributed by atoms with Crippen LogP contribution in [0.15, 0.2) is 18.2 Å². The highest BCUT2D eigenvalue weighted by molar-refractivity contribution is 6.70. The molecule has 1 aromatic carbocycles. The monoisotopic (exact) mass is 278 g/mol. The lowest BCUT2D eigenvalue weighted by molar-refractivity contribution is -0.138. The van der Waals surface area contributed by atoms with Crippen molar-refractivity contribution in [2.24, 2.45) is 0 Å². The second-order valence-electron chi connectivity index (χ2n) is 4.70. The van der Waals surface area contributed by atoms with Crippen LogP contribution < -0.4 is 4.43 Å². The maximum absolute atomic E-state index is 12.7. The summed E-state index contributed by atoms with van der Waals surface area (Å²) in [6.45, 7) is 5.29. The molecule has 7 heteroatoms. The van der Waals surface area contributed by atoms with E-state index in [1.165, 1.54) is 6.07 Å². The fourth-order valence-corrected chi connectivity index (χ4v) is 2.23. The van der Waals surface area contributed by atoms with E-state index in [1.54, 1.807) is 19.6 Å². The number of carboxylic acids is 1. The molecule has 1 aromatic rings. The molecule has 0 aliphatic rings. The molecule has 0 heterocycles. The Morgan fingerprint density at radius 1 is 1.28 bits per heavy atom. The van der Waals surface area contributed by atoms with Crippen LogP contribution in [0.3, 0.4) is 0 Å². The Kier molecular flexibility index (Phi) is 3.75. The summed E-state index contributed by atoms with van der Waals surface area (Å²) in [5, 5.41) is 8.94. The zero-order chi connectivity index (χ0) is 14.1. The number of hydrogen-bond donors (Lipinski definition) is 1. The van der Waals surface area contributed by atoms with Crippen molar-refractivity contribution in [1.82, 2.24) is 0 Å². The summed E-state index contributed by atoms with van der Waals surface area (Å²) in [6, 6.07) is 3.13. The summed E-state index contributed by atoms with van der Waals surface area (Å²) in [4.78, 5) is 11.0. The van der Waals surface area contributed by atoms with Crippen molar-refractivity contribution in [2.45, 2.75) is 25.8 Å². The van der Waals surface area contributed by atoms with Gasteiger partial charge in [0.2, 0.25) is 8.32 Å². The smallest absolute Gasteiger partial charge is 0.417 e. The third-order valence-corrected chi connectivity index (χ3v) is 2.79. The Labute approximate surface area is 103 Å². The van der Waals surface area contributed by atoms with Gasteiger partial charge in [-0.25, -0.2) is 4.79 Å². The lowest BCUT2D eigenvalue weighted by atomic mass is 10.1. The summed E-state index contributed by atoms with van der Waals surface area (Å²) >= 11 is 0. The van der Waals surface area contributed by atoms with E-state index in [0.717, 1.165) is 12.1 Å². The average molecular weight is 278 g/mol. The van der Waals surface area contributed by atoms with Crippen LogP contribution >= 0.6 is 0 Å². The molecule has 0 saturated carbocycles. The van der Waals surface area contributed by atoms with Gasteiger partial charge in [-0.05, 0) is 31.8 Å². The molecule has 1 rings (SSSR count). The maximum Gasteiger partial charge on any atom is 0.417 e. The number of carbonyl (C=O) groups is 1. The lowest BCUT2D eigenvalue weighted by Crippen LogP contribution is -2.30. The van der Waals surface area contributed by atoms with Crippen LogP contribution in [0.2, 0.25) is 19.6 Å². The molecule has 18 heavy (non-hydrogen) atoms. The van der Waals surface area contributed by atoms with Gasteiger partial charge >= 0.3 is 12.1 Å². The molecule has 0 spiro atoms. The second kappa shape index (κ2) is 4.64. The van der Waals surface area contributed by atoms with Crippen molar-refractivity contribution in [3.8, 4) is 5.75 Å². The molecule has 0 aliphatic carbocycles. The molecule has 0 radical (unpaired) electrons. The molecule has 0 atom stereocenters. The molecule has 0 unspecified atom stereocenters. The van der Waals surface area contributed by atoms with Crippen molar-refractivity contribution in [2.75, 3.05) is 0 Å². The molecule has 0 fully saturated rings. The first kappa shape index (κ1) is 14.6. The van der Waals surface area contributed by atoms with Gasteiger partial charge in [-0.1, -0.05) is 6.07 Å². The van der Waals surface area contributed by atoms with Crippen molar-refractivity contribution in [1.29, 1.82) is 0 Å². The highest BCUT2D eigenvalue weighted by Gasteiger charge is 2.37. The Hall–Kier alpha value is -1.50. The van der Waals surface area contributed by atoms with Crippen LogP contribution in [-0.2, 0) is 6.18 Å². The van der Waals surface area contributed by atoms with Crippen molar-refractivity contribution in [3.63, 3.8) is 0 Å². The van der Waals surface area contributed by atoms with Gasteiger partial charge in [-0.15, -0.1) is 0 Å². The van der Waals surface area contributed by atoms with Crippen LogP contribution in [0, 0.1) is 0 Å². The third-order valence-electron chi connectivity index (χ3n) is 1.96. The summed E-state index contributed by atoms with van der Waals surface area (Å²) in [5.41, 5.74) is -2.02. The minimum absolute atomic E-state index is 0.225. The Balaban J connectivity index is 3.41. The second-order valence-corrected chi connectivity index (χ2v) is 9.12. The fourth-order valence-electron chi connectivity index (χ4n) is 1.40. The van der Waals surface area contributed by atoms with Crippen molar-refractivity contribution in [3.05, 3.63) is 29.3 Å². The fraction of sp³-hybridized carbons (Fsp3) is 0.364. The summed E-state index contributed by atoms with van der Waals surface area (Å²) < 4.78 is 43.5. The Morgan fingerprint density at radius 3 is 2.22 bits per heavy atom. The number of rotatable bonds is 3. The van der Waals surface area contributed by atoms with Crippen molar-refractivity contribution < 1.29 is 27.5 Å². The minimum Gasteiger partial charge on any atom is -0.544 e. The number of alkyl halides is 3. The number of aromatic carboxylic acids is 1. The number of halogens is 3. The Morgan fingerprint density at radius 2 is 1.83 bits per heavy atom. The molecule has 0 aliphatic heterocycles. The molecule has 100 valence electrons. The number of benzene rings is 1. The summed E-state index contributed by atoms with van der Waals surface area (Å²) in [7, 11) is -2.19. The summed E-state index contributed by atoms with van der Waals surface area (Å²) in [5.74, 6) is -1.87. The molecule has 3 nitrogen and oxygen atoms in total. The van der Waals surface area contributed by atoms with Gasteiger partial charge < -0.3 is 9.53 Å². The first-order chi connectivity index (χ1) is 8.02. The number of hydrogen-bond acceptors (Lipinski definition) is 2. The largest absolute Gasteiger partial charge is 0.544 e. The average Bonchev–Trinajstić information content (AvgIpc) is 2.12. The zero-order valence-corrected chi connectivity index (χ0v) is 11.1. The van der Waals surface area contributed by atoms with Crippen LogP contribution in [0.25, 0.3) is 0 Å². The maximum atomic E-state index is 12.7. The van der Waals surface area contributed by atoms with E-state index in [2.05, 4.69) is 0 Å². The standard InChI is InChI=1S/C11H13F3O3Si/c1-18(2,3)17-8-6-4-5-7(11(12,13)14)9(8)10(15)16/h4-6H,1-3H3,(H,15,16). The quantitative estimate of drug-likeness (QED) is 0.859. The normalized spacial score (nSPS) is 12.3. The van der Waals surface area contributed by atoms with Gasteiger partial charge in [-0.2, -0.15) is 13.2 Å². The van der Waals surface area contributed by atoms with Gasteiger partial charge in [0.15, 0.2) is 0 Å². The molecule has 0 amide bonds. The minimum atomic E-state index is -4.72. The summed E-state index contributed by atoms with van der Waals surface area (Å²) in [6.07, 6.45) is -4.72. The van der Waals surface area contributed by atoms with E-state index in [9.17, 15) is 18.0 Å². The van der Waals surface area contributed by atoms with E-state index < -0.39 is 31.6 Å². The highest BCUT2D eigenvalue weighted by atomic mass is 28.4. The van der Waals surface area contributed by atoms with E-state index in [-0.39, 0.29) is 5.75 Å². The van der Waals surface area contributed by atoms with E-state index in [0.29, 0.717) is 0 Å². The van der Waals surface area contributed by atoms with Crippen LogP contribution in [0.4, 0.5) is 13.2 Å². The Bertz CT molecular complexity index is 464. The van der Waals surface area contributed by atoms with Gasteiger partial charge in [0.1, 0.15) is 11.3 Å². The molecule has 0 aromatic heterocycles. The zero-order valence-electron chi connectivity index (χ0n) is 10.1. The topological polar surface area (TPSA) is 46.5 Å². The molecular weight excluding hydrogens is 265 g/mol. The van der Waals surface area contributed by atoms with Gasteiger partial charge in [0.25, 0.3) is 0 Å². The third kappa shape index (κ3) is 3.49. The SMILES string of the molecule is C[Si](C)(C)Oc1cccc(C(F)(F)F)c1C(=O)O. The van der Waals surface area contributed by atoms with E-state index in [1.807, 2.05) is 0 Å². The van der Waals surface area contributed by atoms with E-state index >= 15 is 0 Å². The molecule has 0 bridgehead atoms. The molecular formula is C11H13F3O3Si. The van der Waals surface area contributed by atoms with Gasteiger partial charge in [0.05, 0.1) is 5.56 Å². The van der Waals surface area contributed by atoms with Crippen LogP contribution in [0.1, 0.15) is 15.9 Å². The lowest BCUT2D eigenvalue weighted by Gasteiger charge is -2.22. The van der Waals surface area contributed by atoms with Crippen molar-refractivity contribution >= 4 is 14.3 Å². The van der Waals surface area contributed by atoms with Gasteiger partial charge in [-0.3, -0.25) is 0 Å². The van der Waals surface area contributed by atoms with Crippen LogP contribution in [0.5, 0.6) is 5.75 Å².